The Morgan fingerprint density at radius 3 is 2.32 bits per heavy atom. The fourth-order valence-electron chi connectivity index (χ4n) is 3.63. The second-order valence-electron chi connectivity index (χ2n) is 7.48. The van der Waals surface area contributed by atoms with Crippen molar-refractivity contribution in [1.29, 1.82) is 0 Å². The average Bonchev–Trinajstić information content (AvgIpc) is 3.26. The third kappa shape index (κ3) is 8.80. The molecule has 0 atom stereocenters. The Hall–Kier alpha value is -0.970. The summed E-state index contributed by atoms with van der Waals surface area (Å²) in [7, 11) is 0. The van der Waals surface area contributed by atoms with E-state index >= 15 is 0 Å². The van der Waals surface area contributed by atoms with E-state index in [4.69, 9.17) is 0 Å². The first kappa shape index (κ1) is 20.3. The second-order valence-corrected chi connectivity index (χ2v) is 8.54. The standard InChI is InChI=1S/C20H35N3OS/c1-2-3-4-5-6-7-8-9-10-15-18(24)21-20-23-22-19(25-20)16-17-13-11-12-14-17/h17H,2-16H2,1H3,(H,21,23,24). The maximum absolute atomic E-state index is 12.0. The number of anilines is 1. The topological polar surface area (TPSA) is 54.9 Å². The van der Waals surface area contributed by atoms with Gasteiger partial charge in [0.25, 0.3) is 0 Å². The largest absolute Gasteiger partial charge is 0.301 e. The van der Waals surface area contributed by atoms with Crippen molar-refractivity contribution in [2.75, 3.05) is 5.32 Å². The van der Waals surface area contributed by atoms with Crippen LogP contribution in [0.3, 0.4) is 0 Å². The minimum absolute atomic E-state index is 0.0894. The van der Waals surface area contributed by atoms with Crippen LogP contribution in [-0.4, -0.2) is 16.1 Å². The first-order valence-electron chi connectivity index (χ1n) is 10.4. The van der Waals surface area contributed by atoms with Gasteiger partial charge in [0, 0.05) is 12.8 Å². The Kier molecular flexibility index (Phi) is 10.1. The first-order chi connectivity index (χ1) is 12.3. The molecule has 0 aromatic carbocycles. The maximum Gasteiger partial charge on any atom is 0.226 e. The van der Waals surface area contributed by atoms with Gasteiger partial charge in [0.2, 0.25) is 11.0 Å². The van der Waals surface area contributed by atoms with Crippen molar-refractivity contribution in [2.24, 2.45) is 5.92 Å². The summed E-state index contributed by atoms with van der Waals surface area (Å²) in [5.41, 5.74) is 0. The number of carbonyl (C=O) groups excluding carboxylic acids is 1. The summed E-state index contributed by atoms with van der Waals surface area (Å²) in [6.07, 6.45) is 18.5. The normalized spacial score (nSPS) is 14.9. The van der Waals surface area contributed by atoms with Crippen LogP contribution in [0, 0.1) is 5.92 Å². The molecule has 4 nitrogen and oxygen atoms in total. The quantitative estimate of drug-likeness (QED) is 0.428. The second kappa shape index (κ2) is 12.4. The summed E-state index contributed by atoms with van der Waals surface area (Å²) in [6.45, 7) is 2.25. The molecule has 0 radical (unpaired) electrons. The third-order valence-electron chi connectivity index (χ3n) is 5.16. The van der Waals surface area contributed by atoms with Crippen LogP contribution in [0.25, 0.3) is 0 Å². The third-order valence-corrected chi connectivity index (χ3v) is 6.02. The molecule has 5 heteroatoms. The van der Waals surface area contributed by atoms with Crippen LogP contribution in [0.1, 0.15) is 102 Å². The summed E-state index contributed by atoms with van der Waals surface area (Å²) >= 11 is 1.55. The van der Waals surface area contributed by atoms with Gasteiger partial charge in [-0.1, -0.05) is 95.3 Å². The fourth-order valence-corrected chi connectivity index (χ4v) is 4.50. The minimum atomic E-state index is 0.0894. The van der Waals surface area contributed by atoms with Gasteiger partial charge in [-0.2, -0.15) is 0 Å². The molecule has 0 spiro atoms. The monoisotopic (exact) mass is 365 g/mol. The first-order valence-corrected chi connectivity index (χ1v) is 11.2. The molecule has 0 aliphatic heterocycles. The van der Waals surface area contributed by atoms with E-state index < -0.39 is 0 Å². The zero-order chi connectivity index (χ0) is 17.7. The molecular weight excluding hydrogens is 330 g/mol. The molecule has 1 aliphatic carbocycles. The van der Waals surface area contributed by atoms with Crippen molar-refractivity contribution in [1.82, 2.24) is 10.2 Å². The van der Waals surface area contributed by atoms with Crippen LogP contribution < -0.4 is 5.32 Å². The molecule has 1 aliphatic rings. The van der Waals surface area contributed by atoms with E-state index in [0.717, 1.165) is 30.2 Å². The lowest BCUT2D eigenvalue weighted by molar-refractivity contribution is -0.116. The van der Waals surface area contributed by atoms with Crippen LogP contribution >= 0.6 is 11.3 Å². The highest BCUT2D eigenvalue weighted by molar-refractivity contribution is 7.15. The predicted molar refractivity (Wildman–Crippen MR) is 106 cm³/mol. The number of hydrogen-bond donors (Lipinski definition) is 1. The van der Waals surface area contributed by atoms with Crippen LogP contribution in [0.15, 0.2) is 0 Å². The molecule has 0 bridgehead atoms. The zero-order valence-corrected chi connectivity index (χ0v) is 16.7. The van der Waals surface area contributed by atoms with Crippen LogP contribution in [0.5, 0.6) is 0 Å². The van der Waals surface area contributed by atoms with Gasteiger partial charge in [-0.25, -0.2) is 0 Å². The van der Waals surface area contributed by atoms with Crippen molar-refractivity contribution in [3.05, 3.63) is 5.01 Å². The Balaban J connectivity index is 1.50. The Labute approximate surface area is 157 Å². The van der Waals surface area contributed by atoms with Crippen LogP contribution in [-0.2, 0) is 11.2 Å². The van der Waals surface area contributed by atoms with E-state index in [1.165, 1.54) is 70.6 Å². The lowest BCUT2D eigenvalue weighted by atomic mass is 10.1. The van der Waals surface area contributed by atoms with Gasteiger partial charge in [-0.3, -0.25) is 4.79 Å². The number of nitrogens with one attached hydrogen (secondary N) is 1. The molecule has 1 aromatic rings. The molecule has 1 aromatic heterocycles. The molecule has 0 saturated heterocycles. The van der Waals surface area contributed by atoms with Crippen molar-refractivity contribution in [3.8, 4) is 0 Å². The van der Waals surface area contributed by atoms with Gasteiger partial charge in [0.1, 0.15) is 5.01 Å². The van der Waals surface area contributed by atoms with E-state index in [1.54, 1.807) is 11.3 Å². The van der Waals surface area contributed by atoms with Crippen LogP contribution in [0.2, 0.25) is 0 Å². The lowest BCUT2D eigenvalue weighted by Gasteiger charge is -2.04. The van der Waals surface area contributed by atoms with Gasteiger partial charge >= 0.3 is 0 Å². The molecule has 0 unspecified atom stereocenters. The number of amides is 1. The van der Waals surface area contributed by atoms with Crippen molar-refractivity contribution >= 4 is 22.4 Å². The minimum Gasteiger partial charge on any atom is -0.301 e. The predicted octanol–water partition coefficient (Wildman–Crippen LogP) is 6.13. The zero-order valence-electron chi connectivity index (χ0n) is 15.9. The smallest absolute Gasteiger partial charge is 0.226 e. The molecule has 142 valence electrons. The summed E-state index contributed by atoms with van der Waals surface area (Å²) < 4.78 is 0. The highest BCUT2D eigenvalue weighted by atomic mass is 32.1. The molecule has 1 N–H and O–H groups in total. The molecule has 25 heavy (non-hydrogen) atoms. The van der Waals surface area contributed by atoms with Crippen molar-refractivity contribution in [3.63, 3.8) is 0 Å². The Morgan fingerprint density at radius 2 is 1.64 bits per heavy atom. The highest BCUT2D eigenvalue weighted by Crippen LogP contribution is 2.29. The summed E-state index contributed by atoms with van der Waals surface area (Å²) in [6, 6.07) is 0. The summed E-state index contributed by atoms with van der Waals surface area (Å²) in [5.74, 6) is 0.866. The van der Waals surface area contributed by atoms with Gasteiger partial charge in [-0.15, -0.1) is 10.2 Å². The Morgan fingerprint density at radius 1 is 1.00 bits per heavy atom. The van der Waals surface area contributed by atoms with E-state index in [9.17, 15) is 4.79 Å². The van der Waals surface area contributed by atoms with Crippen molar-refractivity contribution < 1.29 is 4.79 Å². The Bertz CT molecular complexity index is 483. The maximum atomic E-state index is 12.0. The molecule has 1 saturated carbocycles. The van der Waals surface area contributed by atoms with E-state index in [2.05, 4.69) is 22.4 Å². The SMILES string of the molecule is CCCCCCCCCCCC(=O)Nc1nnc(CC2CCCC2)s1. The molecular formula is C20H35N3OS. The highest BCUT2D eigenvalue weighted by Gasteiger charge is 2.18. The summed E-state index contributed by atoms with van der Waals surface area (Å²) in [5, 5.41) is 13.0. The van der Waals surface area contributed by atoms with E-state index in [1.807, 2.05) is 0 Å². The molecule has 1 fully saturated rings. The molecule has 2 rings (SSSR count). The van der Waals surface area contributed by atoms with Gasteiger partial charge in [-0.05, 0) is 12.3 Å². The van der Waals surface area contributed by atoms with E-state index in [0.29, 0.717) is 11.6 Å². The lowest BCUT2D eigenvalue weighted by Crippen LogP contribution is -2.10. The average molecular weight is 366 g/mol. The number of hydrogen-bond acceptors (Lipinski definition) is 4. The number of carbonyl (C=O) groups is 1. The molecule has 1 amide bonds. The van der Waals surface area contributed by atoms with Crippen LogP contribution in [0.4, 0.5) is 5.13 Å². The number of rotatable bonds is 13. The van der Waals surface area contributed by atoms with Gasteiger partial charge in [0.05, 0.1) is 0 Å². The number of nitrogens with zero attached hydrogens (tertiary/aromatic N) is 2. The summed E-state index contributed by atoms with van der Waals surface area (Å²) in [4.78, 5) is 12.0. The molecule has 1 heterocycles. The van der Waals surface area contributed by atoms with Gasteiger partial charge in [0.15, 0.2) is 0 Å². The fraction of sp³-hybridized carbons (Fsp3) is 0.850. The van der Waals surface area contributed by atoms with E-state index in [-0.39, 0.29) is 5.91 Å². The number of aromatic nitrogens is 2. The van der Waals surface area contributed by atoms with Crippen molar-refractivity contribution in [2.45, 2.75) is 103 Å². The number of unbranched alkanes of at least 4 members (excludes halogenated alkanes) is 8. The van der Waals surface area contributed by atoms with Gasteiger partial charge < -0.3 is 5.32 Å².